The van der Waals surface area contributed by atoms with Crippen molar-refractivity contribution in [2.75, 3.05) is 0 Å². The monoisotopic (exact) mass is 351 g/mol. The molecule has 1 aromatic rings. The minimum atomic E-state index is -0.439. The van der Waals surface area contributed by atoms with Crippen molar-refractivity contribution in [2.24, 2.45) is 5.73 Å². The number of amides is 1. The molecule has 0 aliphatic carbocycles. The highest BCUT2D eigenvalue weighted by atomic mass is 127. The van der Waals surface area contributed by atoms with E-state index in [1.54, 1.807) is 6.08 Å². The zero-order chi connectivity index (χ0) is 9.84. The van der Waals surface area contributed by atoms with Crippen LogP contribution in [0, 0.1) is 3.57 Å². The number of hydrogen-bond acceptors (Lipinski definition) is 1. The van der Waals surface area contributed by atoms with Gasteiger partial charge >= 0.3 is 0 Å². The molecule has 0 unspecified atom stereocenters. The molecule has 1 amide bonds. The Labute approximate surface area is 98.5 Å². The Morgan fingerprint density at radius 1 is 1.54 bits per heavy atom. The largest absolute Gasteiger partial charge is 0.366 e. The number of primary amides is 1. The highest BCUT2D eigenvalue weighted by Gasteiger charge is 1.96. The lowest BCUT2D eigenvalue weighted by Gasteiger charge is -1.98. The van der Waals surface area contributed by atoms with Gasteiger partial charge in [0.15, 0.2) is 0 Å². The zero-order valence-corrected chi connectivity index (χ0v) is 10.4. The fraction of sp³-hybridized carbons (Fsp3) is 0. The van der Waals surface area contributed by atoms with E-state index in [1.165, 1.54) is 6.08 Å². The van der Waals surface area contributed by atoms with Gasteiger partial charge in [0.2, 0.25) is 5.91 Å². The Morgan fingerprint density at radius 3 is 2.85 bits per heavy atom. The molecule has 2 N–H and O–H groups in total. The van der Waals surface area contributed by atoms with Crippen molar-refractivity contribution in [1.82, 2.24) is 0 Å². The summed E-state index contributed by atoms with van der Waals surface area (Å²) >= 11 is 5.58. The van der Waals surface area contributed by atoms with Crippen LogP contribution in [0.3, 0.4) is 0 Å². The van der Waals surface area contributed by atoms with Crippen molar-refractivity contribution >= 4 is 50.5 Å². The van der Waals surface area contributed by atoms with E-state index in [1.807, 2.05) is 18.2 Å². The van der Waals surface area contributed by atoms with E-state index in [2.05, 4.69) is 38.5 Å². The number of hydrogen-bond donors (Lipinski definition) is 1. The fourth-order valence-corrected chi connectivity index (χ4v) is 1.71. The summed E-state index contributed by atoms with van der Waals surface area (Å²) < 4.78 is 2.07. The summed E-state index contributed by atoms with van der Waals surface area (Å²) in [6.07, 6.45) is 3.03. The molecule has 2 nitrogen and oxygen atoms in total. The molecule has 0 saturated heterocycles. The first-order valence-corrected chi connectivity index (χ1v) is 5.39. The van der Waals surface area contributed by atoms with Gasteiger partial charge in [0.1, 0.15) is 0 Å². The van der Waals surface area contributed by atoms with Gasteiger partial charge in [-0.05, 0) is 52.4 Å². The average Bonchev–Trinajstić information content (AvgIpc) is 2.06. The topological polar surface area (TPSA) is 43.1 Å². The van der Waals surface area contributed by atoms with Crippen LogP contribution >= 0.6 is 38.5 Å². The standard InChI is InChI=1S/C9H7BrINO/c10-8-3-2-7(11)5-6(8)1-4-9(12)13/h1-5H,(H2,12,13)/b4-1+. The predicted octanol–water partition coefficient (Wildman–Crippen LogP) is 2.55. The van der Waals surface area contributed by atoms with Gasteiger partial charge in [-0.2, -0.15) is 0 Å². The smallest absolute Gasteiger partial charge is 0.241 e. The molecule has 0 heterocycles. The highest BCUT2D eigenvalue weighted by Crippen LogP contribution is 2.20. The lowest BCUT2D eigenvalue weighted by Crippen LogP contribution is -2.05. The van der Waals surface area contributed by atoms with Gasteiger partial charge in [-0.1, -0.05) is 15.9 Å². The van der Waals surface area contributed by atoms with Crippen molar-refractivity contribution in [3.8, 4) is 0 Å². The number of rotatable bonds is 2. The Morgan fingerprint density at radius 2 is 2.23 bits per heavy atom. The van der Waals surface area contributed by atoms with E-state index < -0.39 is 5.91 Å². The van der Waals surface area contributed by atoms with Crippen LogP contribution in [0.1, 0.15) is 5.56 Å². The van der Waals surface area contributed by atoms with Crippen LogP contribution in [0.25, 0.3) is 6.08 Å². The summed E-state index contributed by atoms with van der Waals surface area (Å²) in [7, 11) is 0. The van der Waals surface area contributed by atoms with Gasteiger partial charge in [0, 0.05) is 14.1 Å². The molecule has 68 valence electrons. The van der Waals surface area contributed by atoms with Crippen LogP contribution in [-0.4, -0.2) is 5.91 Å². The van der Waals surface area contributed by atoms with E-state index in [9.17, 15) is 4.79 Å². The van der Waals surface area contributed by atoms with E-state index in [0.29, 0.717) is 0 Å². The Bertz CT molecular complexity index is 363. The van der Waals surface area contributed by atoms with Crippen molar-refractivity contribution in [2.45, 2.75) is 0 Å². The quantitative estimate of drug-likeness (QED) is 0.645. The second kappa shape index (κ2) is 4.76. The van der Waals surface area contributed by atoms with Crippen molar-refractivity contribution in [1.29, 1.82) is 0 Å². The van der Waals surface area contributed by atoms with Gasteiger partial charge in [-0.3, -0.25) is 4.79 Å². The second-order valence-corrected chi connectivity index (χ2v) is 4.50. The summed E-state index contributed by atoms with van der Waals surface area (Å²) in [6, 6.07) is 5.87. The molecule has 0 aliphatic rings. The molecule has 0 aromatic heterocycles. The number of carbonyl (C=O) groups is 1. The van der Waals surface area contributed by atoms with Crippen LogP contribution in [0.4, 0.5) is 0 Å². The van der Waals surface area contributed by atoms with E-state index in [-0.39, 0.29) is 0 Å². The van der Waals surface area contributed by atoms with Gasteiger partial charge in [0.05, 0.1) is 0 Å². The molecule has 0 spiro atoms. The molecular formula is C9H7BrINO. The summed E-state index contributed by atoms with van der Waals surface area (Å²) in [6.45, 7) is 0. The Hall–Kier alpha value is -0.360. The summed E-state index contributed by atoms with van der Waals surface area (Å²) in [5.74, 6) is -0.439. The maximum atomic E-state index is 10.5. The number of carbonyl (C=O) groups excluding carboxylic acids is 1. The molecule has 0 bridgehead atoms. The third-order valence-corrected chi connectivity index (χ3v) is 2.78. The molecule has 1 aromatic carbocycles. The van der Waals surface area contributed by atoms with Crippen molar-refractivity contribution in [3.05, 3.63) is 37.9 Å². The maximum Gasteiger partial charge on any atom is 0.241 e. The van der Waals surface area contributed by atoms with Crippen molar-refractivity contribution in [3.63, 3.8) is 0 Å². The first kappa shape index (κ1) is 10.7. The number of halogens is 2. The normalized spacial score (nSPS) is 10.6. The molecule has 0 saturated carbocycles. The van der Waals surface area contributed by atoms with E-state index >= 15 is 0 Å². The molecule has 0 fully saturated rings. The minimum absolute atomic E-state index is 0.439. The zero-order valence-electron chi connectivity index (χ0n) is 6.63. The number of nitrogens with two attached hydrogens (primary N) is 1. The molecule has 1 rings (SSSR count). The molecular weight excluding hydrogens is 345 g/mol. The van der Waals surface area contributed by atoms with Gasteiger partial charge in [-0.15, -0.1) is 0 Å². The highest BCUT2D eigenvalue weighted by molar-refractivity contribution is 14.1. The van der Waals surface area contributed by atoms with Crippen LogP contribution in [0.2, 0.25) is 0 Å². The lowest BCUT2D eigenvalue weighted by molar-refractivity contribution is -0.113. The third-order valence-electron chi connectivity index (χ3n) is 1.39. The SMILES string of the molecule is NC(=O)/C=C/c1cc(I)ccc1Br. The molecule has 13 heavy (non-hydrogen) atoms. The third kappa shape index (κ3) is 3.48. The van der Waals surface area contributed by atoms with Crippen LogP contribution in [-0.2, 0) is 4.79 Å². The van der Waals surface area contributed by atoms with Gasteiger partial charge < -0.3 is 5.73 Å². The van der Waals surface area contributed by atoms with Crippen LogP contribution < -0.4 is 5.73 Å². The number of benzene rings is 1. The minimum Gasteiger partial charge on any atom is -0.366 e. The molecule has 0 aliphatic heterocycles. The Balaban J connectivity index is 3.00. The van der Waals surface area contributed by atoms with Crippen molar-refractivity contribution < 1.29 is 4.79 Å². The summed E-state index contributed by atoms with van der Waals surface area (Å²) in [4.78, 5) is 10.5. The summed E-state index contributed by atoms with van der Waals surface area (Å²) in [5, 5.41) is 0. The molecule has 4 heteroatoms. The van der Waals surface area contributed by atoms with Crippen LogP contribution in [0.15, 0.2) is 28.7 Å². The predicted molar refractivity (Wildman–Crippen MR) is 65.1 cm³/mol. The fourth-order valence-electron chi connectivity index (χ4n) is 0.814. The summed E-state index contributed by atoms with van der Waals surface area (Å²) in [5.41, 5.74) is 5.94. The average molecular weight is 352 g/mol. The van der Waals surface area contributed by atoms with Gasteiger partial charge in [0.25, 0.3) is 0 Å². The lowest BCUT2D eigenvalue weighted by atomic mass is 10.2. The first-order valence-electron chi connectivity index (χ1n) is 3.52. The van der Waals surface area contributed by atoms with E-state index in [4.69, 9.17) is 5.73 Å². The second-order valence-electron chi connectivity index (χ2n) is 2.40. The van der Waals surface area contributed by atoms with Crippen LogP contribution in [0.5, 0.6) is 0 Å². The molecule has 0 radical (unpaired) electrons. The van der Waals surface area contributed by atoms with E-state index in [0.717, 1.165) is 13.6 Å². The molecule has 0 atom stereocenters. The van der Waals surface area contributed by atoms with Gasteiger partial charge in [-0.25, -0.2) is 0 Å². The maximum absolute atomic E-state index is 10.5. The Kier molecular flexibility index (Phi) is 3.92. The first-order chi connectivity index (χ1) is 6.09.